The van der Waals surface area contributed by atoms with Gasteiger partial charge >= 0.3 is 0 Å². The second kappa shape index (κ2) is 14.4. The monoisotopic (exact) mass is 567 g/mol. The quantitative estimate of drug-likeness (QED) is 0.292. The van der Waals surface area contributed by atoms with Crippen molar-refractivity contribution < 1.29 is 27.5 Å². The first-order valence-corrected chi connectivity index (χ1v) is 14.6. The Morgan fingerprint density at radius 2 is 1.45 bits per heavy atom. The number of para-hydroxylation sites is 1. The van der Waals surface area contributed by atoms with Crippen molar-refractivity contribution >= 4 is 27.5 Å². The molecule has 0 aliphatic carbocycles. The van der Waals surface area contributed by atoms with Crippen LogP contribution in [0.4, 0.5) is 5.69 Å². The lowest BCUT2D eigenvalue weighted by atomic mass is 10.1. The maximum Gasteiger partial charge on any atom is 0.264 e. The zero-order valence-electron chi connectivity index (χ0n) is 23.4. The Morgan fingerprint density at radius 3 is 2.00 bits per heavy atom. The maximum atomic E-state index is 13.9. The lowest BCUT2D eigenvalue weighted by Gasteiger charge is -2.32. The van der Waals surface area contributed by atoms with Crippen molar-refractivity contribution in [1.82, 2.24) is 10.2 Å². The van der Waals surface area contributed by atoms with Crippen LogP contribution in [0.25, 0.3) is 0 Å². The summed E-state index contributed by atoms with van der Waals surface area (Å²) in [4.78, 5) is 28.3. The fraction of sp³-hybridized carbons (Fsp3) is 0.333. The number of nitrogens with zero attached hydrogens (tertiary/aromatic N) is 2. The number of benzene rings is 3. The molecule has 0 radical (unpaired) electrons. The number of methoxy groups -OCH3 is 2. The van der Waals surface area contributed by atoms with E-state index in [4.69, 9.17) is 9.47 Å². The topological polar surface area (TPSA) is 105 Å². The van der Waals surface area contributed by atoms with Gasteiger partial charge in [-0.25, -0.2) is 8.42 Å². The number of nitrogens with one attached hydrogen (secondary N) is 1. The number of ether oxygens (including phenoxy) is 2. The molecule has 0 saturated heterocycles. The Morgan fingerprint density at radius 1 is 0.875 bits per heavy atom. The van der Waals surface area contributed by atoms with Gasteiger partial charge in [0.2, 0.25) is 11.8 Å². The first kappa shape index (κ1) is 30.5. The van der Waals surface area contributed by atoms with Crippen molar-refractivity contribution in [2.75, 3.05) is 31.6 Å². The maximum absolute atomic E-state index is 13.9. The summed E-state index contributed by atoms with van der Waals surface area (Å²) in [5.74, 6) is 0.345. The fourth-order valence-electron chi connectivity index (χ4n) is 4.04. The third kappa shape index (κ3) is 7.75. The summed E-state index contributed by atoms with van der Waals surface area (Å²) < 4.78 is 39.1. The van der Waals surface area contributed by atoms with Crippen molar-refractivity contribution in [3.63, 3.8) is 0 Å². The average Bonchev–Trinajstić information content (AvgIpc) is 2.98. The van der Waals surface area contributed by atoms with Crippen molar-refractivity contribution in [2.24, 2.45) is 0 Å². The van der Waals surface area contributed by atoms with Crippen LogP contribution < -0.4 is 19.1 Å². The number of sulfonamides is 1. The van der Waals surface area contributed by atoms with Crippen LogP contribution in [-0.4, -0.2) is 58.5 Å². The molecule has 0 fully saturated rings. The molecule has 3 aromatic carbocycles. The van der Waals surface area contributed by atoms with Crippen LogP contribution in [0.1, 0.15) is 32.3 Å². The minimum atomic E-state index is -4.14. The van der Waals surface area contributed by atoms with Crippen molar-refractivity contribution in [1.29, 1.82) is 0 Å². The van der Waals surface area contributed by atoms with E-state index in [0.717, 1.165) is 22.7 Å². The van der Waals surface area contributed by atoms with E-state index in [2.05, 4.69) is 5.32 Å². The number of unbranched alkanes of at least 4 members (excludes halogenated alkanes) is 1. The number of hydrogen-bond acceptors (Lipinski definition) is 6. The van der Waals surface area contributed by atoms with Crippen LogP contribution in [0, 0.1) is 0 Å². The van der Waals surface area contributed by atoms with Crippen LogP contribution in [0.2, 0.25) is 0 Å². The highest BCUT2D eigenvalue weighted by Crippen LogP contribution is 2.26. The van der Waals surface area contributed by atoms with Crippen LogP contribution in [0.15, 0.2) is 83.8 Å². The average molecular weight is 568 g/mol. The molecule has 0 unspecified atom stereocenters. The van der Waals surface area contributed by atoms with E-state index in [1.54, 1.807) is 68.6 Å². The Labute approximate surface area is 236 Å². The largest absolute Gasteiger partial charge is 0.497 e. The molecule has 1 atom stereocenters. The molecule has 0 aliphatic heterocycles. The third-order valence-electron chi connectivity index (χ3n) is 6.48. The number of amides is 2. The highest BCUT2D eigenvalue weighted by Gasteiger charge is 2.32. The van der Waals surface area contributed by atoms with Gasteiger partial charge in [0.05, 0.1) is 24.8 Å². The first-order chi connectivity index (χ1) is 19.2. The number of carbonyl (C=O) groups is 2. The number of carbonyl (C=O) groups excluding carboxylic acids is 2. The Kier molecular flexibility index (Phi) is 11.0. The molecule has 3 rings (SSSR count). The van der Waals surface area contributed by atoms with Gasteiger partial charge in [-0.3, -0.25) is 13.9 Å². The number of anilines is 1. The molecule has 214 valence electrons. The highest BCUT2D eigenvalue weighted by molar-refractivity contribution is 7.92. The molecule has 0 aliphatic rings. The zero-order valence-corrected chi connectivity index (χ0v) is 24.2. The molecule has 0 bridgehead atoms. The van der Waals surface area contributed by atoms with Crippen LogP contribution in [0.3, 0.4) is 0 Å². The van der Waals surface area contributed by atoms with Gasteiger partial charge in [-0.1, -0.05) is 43.7 Å². The third-order valence-corrected chi connectivity index (χ3v) is 8.27. The molecule has 0 spiro atoms. The smallest absolute Gasteiger partial charge is 0.264 e. The Balaban J connectivity index is 1.96. The Bertz CT molecular complexity index is 1350. The zero-order chi connectivity index (χ0) is 29.1. The molecule has 0 saturated carbocycles. The molecular formula is C30H37N3O6S. The van der Waals surface area contributed by atoms with E-state index in [1.807, 2.05) is 19.1 Å². The SMILES string of the molecule is CCCCNC(=O)[C@H](C)N(Cc1ccc(OC)cc1)C(=O)CN(c1ccccc1)S(=O)(=O)c1ccc(OC)cc1. The van der Waals surface area contributed by atoms with E-state index >= 15 is 0 Å². The van der Waals surface area contributed by atoms with E-state index in [1.165, 1.54) is 24.1 Å². The fourth-order valence-corrected chi connectivity index (χ4v) is 5.46. The van der Waals surface area contributed by atoms with Crippen LogP contribution >= 0.6 is 0 Å². The lowest BCUT2D eigenvalue weighted by molar-refractivity contribution is -0.139. The second-order valence-electron chi connectivity index (χ2n) is 9.21. The normalized spacial score (nSPS) is 11.8. The van der Waals surface area contributed by atoms with Crippen LogP contribution in [-0.2, 0) is 26.2 Å². The second-order valence-corrected chi connectivity index (χ2v) is 11.1. The van der Waals surface area contributed by atoms with E-state index in [0.29, 0.717) is 23.7 Å². The van der Waals surface area contributed by atoms with Gasteiger partial charge in [0, 0.05) is 13.1 Å². The first-order valence-electron chi connectivity index (χ1n) is 13.1. The van der Waals surface area contributed by atoms with Gasteiger partial charge in [0.25, 0.3) is 10.0 Å². The van der Waals surface area contributed by atoms with E-state index in [-0.39, 0.29) is 17.3 Å². The minimum absolute atomic E-state index is 0.0111. The molecule has 40 heavy (non-hydrogen) atoms. The van der Waals surface area contributed by atoms with E-state index < -0.39 is 28.5 Å². The number of hydrogen-bond donors (Lipinski definition) is 1. The predicted molar refractivity (Wildman–Crippen MR) is 155 cm³/mol. The summed E-state index contributed by atoms with van der Waals surface area (Å²) >= 11 is 0. The van der Waals surface area contributed by atoms with Gasteiger partial charge in [-0.05, 0) is 67.4 Å². The summed E-state index contributed by atoms with van der Waals surface area (Å²) in [6, 6.07) is 20.7. The van der Waals surface area contributed by atoms with Gasteiger partial charge in [-0.15, -0.1) is 0 Å². The summed E-state index contributed by atoms with van der Waals surface area (Å²) in [6.07, 6.45) is 1.73. The molecule has 1 N–H and O–H groups in total. The standard InChI is InChI=1S/C30H37N3O6S/c1-5-6-20-31-30(35)23(2)32(21-24-12-14-26(38-3)15-13-24)29(34)22-33(25-10-8-7-9-11-25)40(36,37)28-18-16-27(39-4)17-19-28/h7-19,23H,5-6,20-22H2,1-4H3,(H,31,35)/t23-/m0/s1. The van der Waals surface area contributed by atoms with Crippen molar-refractivity contribution in [2.45, 2.75) is 44.2 Å². The molecule has 0 heterocycles. The molecule has 9 nitrogen and oxygen atoms in total. The molecule has 2 amide bonds. The molecular weight excluding hydrogens is 530 g/mol. The van der Waals surface area contributed by atoms with Crippen molar-refractivity contribution in [3.8, 4) is 11.5 Å². The molecule has 10 heteroatoms. The van der Waals surface area contributed by atoms with Crippen molar-refractivity contribution in [3.05, 3.63) is 84.4 Å². The molecule has 0 aromatic heterocycles. The van der Waals surface area contributed by atoms with Gasteiger partial charge < -0.3 is 19.7 Å². The Hall–Kier alpha value is -4.05. The summed E-state index contributed by atoms with van der Waals surface area (Å²) in [5, 5.41) is 2.88. The predicted octanol–water partition coefficient (Wildman–Crippen LogP) is 4.23. The van der Waals surface area contributed by atoms with Crippen LogP contribution in [0.5, 0.6) is 11.5 Å². The summed E-state index contributed by atoms with van der Waals surface area (Å²) in [6.45, 7) is 3.77. The number of rotatable bonds is 14. The molecule has 3 aromatic rings. The van der Waals surface area contributed by atoms with Gasteiger partial charge in [-0.2, -0.15) is 0 Å². The lowest BCUT2D eigenvalue weighted by Crippen LogP contribution is -2.51. The van der Waals surface area contributed by atoms with Gasteiger partial charge in [0.15, 0.2) is 0 Å². The highest BCUT2D eigenvalue weighted by atomic mass is 32.2. The van der Waals surface area contributed by atoms with Gasteiger partial charge in [0.1, 0.15) is 24.1 Å². The van der Waals surface area contributed by atoms with E-state index in [9.17, 15) is 18.0 Å². The summed E-state index contributed by atoms with van der Waals surface area (Å²) in [7, 11) is -1.08. The minimum Gasteiger partial charge on any atom is -0.497 e. The summed E-state index contributed by atoms with van der Waals surface area (Å²) in [5.41, 5.74) is 1.10.